The highest BCUT2D eigenvalue weighted by Gasteiger charge is 2.13. The summed E-state index contributed by atoms with van der Waals surface area (Å²) in [5.74, 6) is -0.232. The summed E-state index contributed by atoms with van der Waals surface area (Å²) >= 11 is 5.84. The maximum Gasteiger partial charge on any atom is 0.253 e. The van der Waals surface area contributed by atoms with E-state index < -0.39 is 0 Å². The first-order chi connectivity index (χ1) is 9.47. The van der Waals surface area contributed by atoms with E-state index in [1.54, 1.807) is 30.3 Å². The monoisotopic (exact) mass is 289 g/mol. The zero-order valence-corrected chi connectivity index (χ0v) is 11.8. The molecule has 0 bridgehead atoms. The summed E-state index contributed by atoms with van der Waals surface area (Å²) in [5.41, 5.74) is 13.7. The van der Waals surface area contributed by atoms with Crippen LogP contribution in [0.25, 0.3) is 0 Å². The minimum atomic E-state index is -0.232. The third-order valence-corrected chi connectivity index (χ3v) is 3.29. The molecule has 2 rings (SSSR count). The van der Waals surface area contributed by atoms with E-state index in [0.717, 1.165) is 5.56 Å². The van der Waals surface area contributed by atoms with Crippen LogP contribution in [0.15, 0.2) is 42.5 Å². The summed E-state index contributed by atoms with van der Waals surface area (Å²) in [4.78, 5) is 12.2. The molecule has 2 aromatic carbocycles. The van der Waals surface area contributed by atoms with Gasteiger partial charge in [-0.05, 0) is 42.8 Å². The topological polar surface area (TPSA) is 81.1 Å². The number of amides is 1. The molecule has 0 heterocycles. The SMILES string of the molecule is CC(NC(=O)c1ccc(N)cc1N)c1ccc(Cl)cc1. The van der Waals surface area contributed by atoms with Gasteiger partial charge in [-0.25, -0.2) is 0 Å². The average Bonchev–Trinajstić information content (AvgIpc) is 2.39. The summed E-state index contributed by atoms with van der Waals surface area (Å²) in [6, 6.07) is 12.0. The molecule has 0 aliphatic rings. The van der Waals surface area contributed by atoms with Gasteiger partial charge in [-0.2, -0.15) is 0 Å². The van der Waals surface area contributed by atoms with Gasteiger partial charge in [0.2, 0.25) is 0 Å². The smallest absolute Gasteiger partial charge is 0.253 e. The standard InChI is InChI=1S/C15H16ClN3O/c1-9(10-2-4-11(16)5-3-10)19-15(20)13-7-6-12(17)8-14(13)18/h2-9H,17-18H2,1H3,(H,19,20). The molecule has 5 heteroatoms. The van der Waals surface area contributed by atoms with Gasteiger partial charge in [-0.1, -0.05) is 23.7 Å². The second-order valence-electron chi connectivity index (χ2n) is 4.59. The fraction of sp³-hybridized carbons (Fsp3) is 0.133. The van der Waals surface area contributed by atoms with E-state index in [0.29, 0.717) is 22.0 Å². The Morgan fingerprint density at radius 1 is 1.15 bits per heavy atom. The minimum absolute atomic E-state index is 0.142. The summed E-state index contributed by atoms with van der Waals surface area (Å²) < 4.78 is 0. The van der Waals surface area contributed by atoms with Crippen molar-refractivity contribution in [3.63, 3.8) is 0 Å². The summed E-state index contributed by atoms with van der Waals surface area (Å²) in [6.45, 7) is 1.90. The van der Waals surface area contributed by atoms with Crippen LogP contribution in [0.1, 0.15) is 28.9 Å². The summed E-state index contributed by atoms with van der Waals surface area (Å²) in [6.07, 6.45) is 0. The molecule has 20 heavy (non-hydrogen) atoms. The van der Waals surface area contributed by atoms with Crippen molar-refractivity contribution in [1.82, 2.24) is 5.32 Å². The third kappa shape index (κ3) is 3.22. The molecular formula is C15H16ClN3O. The molecule has 5 N–H and O–H groups in total. The van der Waals surface area contributed by atoms with Crippen molar-refractivity contribution >= 4 is 28.9 Å². The van der Waals surface area contributed by atoms with Crippen LogP contribution in [0.4, 0.5) is 11.4 Å². The van der Waals surface area contributed by atoms with Gasteiger partial charge < -0.3 is 16.8 Å². The summed E-state index contributed by atoms with van der Waals surface area (Å²) in [5, 5.41) is 3.55. The molecule has 1 unspecified atom stereocenters. The molecule has 104 valence electrons. The molecule has 0 saturated heterocycles. The normalized spacial score (nSPS) is 11.9. The Morgan fingerprint density at radius 2 is 1.80 bits per heavy atom. The zero-order valence-electron chi connectivity index (χ0n) is 11.1. The Hall–Kier alpha value is -2.20. The van der Waals surface area contributed by atoms with E-state index in [2.05, 4.69) is 5.32 Å². The molecule has 0 aromatic heterocycles. The molecular weight excluding hydrogens is 274 g/mol. The van der Waals surface area contributed by atoms with Crippen molar-refractivity contribution < 1.29 is 4.79 Å². The Morgan fingerprint density at radius 3 is 2.40 bits per heavy atom. The molecule has 0 aliphatic heterocycles. The number of carbonyl (C=O) groups is 1. The average molecular weight is 290 g/mol. The Bertz CT molecular complexity index is 626. The number of nitrogens with one attached hydrogen (secondary N) is 1. The van der Waals surface area contributed by atoms with Gasteiger partial charge in [0, 0.05) is 16.4 Å². The third-order valence-electron chi connectivity index (χ3n) is 3.04. The van der Waals surface area contributed by atoms with Crippen molar-refractivity contribution in [3.8, 4) is 0 Å². The molecule has 0 radical (unpaired) electrons. The quantitative estimate of drug-likeness (QED) is 0.760. The van der Waals surface area contributed by atoms with Crippen LogP contribution in [0.5, 0.6) is 0 Å². The first kappa shape index (κ1) is 14.2. The molecule has 1 atom stereocenters. The van der Waals surface area contributed by atoms with Gasteiger partial charge in [0.15, 0.2) is 0 Å². The van der Waals surface area contributed by atoms with Crippen molar-refractivity contribution in [3.05, 3.63) is 58.6 Å². The van der Waals surface area contributed by atoms with Crippen molar-refractivity contribution in [2.24, 2.45) is 0 Å². The predicted octanol–water partition coefficient (Wildman–Crippen LogP) is 3.00. The minimum Gasteiger partial charge on any atom is -0.399 e. The number of anilines is 2. The predicted molar refractivity (Wildman–Crippen MR) is 82.6 cm³/mol. The number of hydrogen-bond acceptors (Lipinski definition) is 3. The van der Waals surface area contributed by atoms with E-state index in [4.69, 9.17) is 23.1 Å². The maximum atomic E-state index is 12.2. The van der Waals surface area contributed by atoms with Crippen LogP contribution in [-0.4, -0.2) is 5.91 Å². The van der Waals surface area contributed by atoms with E-state index in [9.17, 15) is 4.79 Å². The molecule has 0 fully saturated rings. The Balaban J connectivity index is 2.13. The van der Waals surface area contributed by atoms with Gasteiger partial charge in [0.1, 0.15) is 0 Å². The Kier molecular flexibility index (Phi) is 4.15. The van der Waals surface area contributed by atoms with Crippen LogP contribution in [-0.2, 0) is 0 Å². The van der Waals surface area contributed by atoms with Gasteiger partial charge in [0.05, 0.1) is 11.6 Å². The van der Waals surface area contributed by atoms with Gasteiger partial charge in [-0.15, -0.1) is 0 Å². The molecule has 0 aliphatic carbocycles. The van der Waals surface area contributed by atoms with Crippen molar-refractivity contribution in [1.29, 1.82) is 0 Å². The van der Waals surface area contributed by atoms with Gasteiger partial charge >= 0.3 is 0 Å². The fourth-order valence-corrected chi connectivity index (χ4v) is 2.02. The van der Waals surface area contributed by atoms with Crippen LogP contribution >= 0.6 is 11.6 Å². The van der Waals surface area contributed by atoms with Crippen LogP contribution < -0.4 is 16.8 Å². The molecule has 4 nitrogen and oxygen atoms in total. The largest absolute Gasteiger partial charge is 0.399 e. The molecule has 0 saturated carbocycles. The lowest BCUT2D eigenvalue weighted by atomic mass is 10.1. The zero-order chi connectivity index (χ0) is 14.7. The number of nitrogen functional groups attached to an aromatic ring is 2. The number of nitrogens with two attached hydrogens (primary N) is 2. The summed E-state index contributed by atoms with van der Waals surface area (Å²) in [7, 11) is 0. The highest BCUT2D eigenvalue weighted by molar-refractivity contribution is 6.30. The number of halogens is 1. The number of hydrogen-bond donors (Lipinski definition) is 3. The highest BCUT2D eigenvalue weighted by atomic mass is 35.5. The lowest BCUT2D eigenvalue weighted by molar-refractivity contribution is 0.0941. The maximum absolute atomic E-state index is 12.2. The van der Waals surface area contributed by atoms with Crippen LogP contribution in [0.2, 0.25) is 5.02 Å². The highest BCUT2D eigenvalue weighted by Crippen LogP contribution is 2.19. The van der Waals surface area contributed by atoms with E-state index in [-0.39, 0.29) is 11.9 Å². The number of benzene rings is 2. The van der Waals surface area contributed by atoms with Crippen molar-refractivity contribution in [2.75, 3.05) is 11.5 Å². The molecule has 0 spiro atoms. The second kappa shape index (κ2) is 5.84. The van der Waals surface area contributed by atoms with E-state index in [1.807, 2.05) is 19.1 Å². The molecule has 2 aromatic rings. The first-order valence-corrected chi connectivity index (χ1v) is 6.56. The second-order valence-corrected chi connectivity index (χ2v) is 5.03. The first-order valence-electron chi connectivity index (χ1n) is 6.18. The van der Waals surface area contributed by atoms with Crippen LogP contribution in [0, 0.1) is 0 Å². The van der Waals surface area contributed by atoms with E-state index >= 15 is 0 Å². The lowest BCUT2D eigenvalue weighted by Crippen LogP contribution is -2.27. The fourth-order valence-electron chi connectivity index (χ4n) is 1.90. The van der Waals surface area contributed by atoms with E-state index in [1.165, 1.54) is 0 Å². The molecule has 1 amide bonds. The lowest BCUT2D eigenvalue weighted by Gasteiger charge is -2.15. The number of rotatable bonds is 3. The van der Waals surface area contributed by atoms with Gasteiger partial charge in [-0.3, -0.25) is 4.79 Å². The Labute approximate surface area is 122 Å². The van der Waals surface area contributed by atoms with Crippen molar-refractivity contribution in [2.45, 2.75) is 13.0 Å². The van der Waals surface area contributed by atoms with Gasteiger partial charge in [0.25, 0.3) is 5.91 Å². The van der Waals surface area contributed by atoms with Crippen LogP contribution in [0.3, 0.4) is 0 Å². The number of carbonyl (C=O) groups excluding carboxylic acids is 1.